The zero-order chi connectivity index (χ0) is 13.9. The highest BCUT2D eigenvalue weighted by molar-refractivity contribution is 5.63. The lowest BCUT2D eigenvalue weighted by Gasteiger charge is -2.23. The van der Waals surface area contributed by atoms with Gasteiger partial charge in [-0.15, -0.1) is 0 Å². The zero-order valence-corrected chi connectivity index (χ0v) is 11.4. The number of hydrogen-bond donors (Lipinski definition) is 1. The molecule has 0 amide bonds. The van der Waals surface area contributed by atoms with E-state index in [1.807, 2.05) is 0 Å². The molecule has 2 aliphatic rings. The van der Waals surface area contributed by atoms with Crippen molar-refractivity contribution >= 4 is 5.82 Å². The molecular formula is C15H17N5. The lowest BCUT2D eigenvalue weighted by Crippen LogP contribution is -2.29. The molecule has 20 heavy (non-hydrogen) atoms. The van der Waals surface area contributed by atoms with Crippen LogP contribution in [0, 0.1) is 22.7 Å². The highest BCUT2D eigenvalue weighted by Gasteiger charge is 2.31. The maximum absolute atomic E-state index is 9.56. The Kier molecular flexibility index (Phi) is 3.54. The summed E-state index contributed by atoms with van der Waals surface area (Å²) in [5.41, 5.74) is 2.12. The number of nitrogens with one attached hydrogen (secondary N) is 1. The van der Waals surface area contributed by atoms with Gasteiger partial charge in [0.15, 0.2) is 0 Å². The van der Waals surface area contributed by atoms with Gasteiger partial charge in [-0.05, 0) is 37.3 Å². The van der Waals surface area contributed by atoms with Crippen molar-refractivity contribution < 1.29 is 0 Å². The van der Waals surface area contributed by atoms with Crippen LogP contribution in [0.4, 0.5) is 5.82 Å². The lowest BCUT2D eigenvalue weighted by molar-refractivity contribution is 0.724. The highest BCUT2D eigenvalue weighted by atomic mass is 15.2. The Morgan fingerprint density at radius 1 is 1.20 bits per heavy atom. The van der Waals surface area contributed by atoms with Gasteiger partial charge in [0.1, 0.15) is 18.0 Å². The van der Waals surface area contributed by atoms with Gasteiger partial charge in [0.05, 0.1) is 11.1 Å². The molecule has 0 aromatic carbocycles. The Morgan fingerprint density at radius 2 is 2.05 bits per heavy atom. The third-order valence-electron chi connectivity index (χ3n) is 3.96. The SMILES string of the molecule is N#Cc1cnc(N2CCCNCC2)c(C#N)c1C1CC1. The van der Waals surface area contributed by atoms with Crippen LogP contribution in [0.3, 0.4) is 0 Å². The molecule has 3 rings (SSSR count). The molecule has 0 radical (unpaired) electrons. The molecule has 1 aliphatic heterocycles. The van der Waals surface area contributed by atoms with E-state index >= 15 is 0 Å². The van der Waals surface area contributed by atoms with Crippen LogP contribution in [0.15, 0.2) is 6.20 Å². The fourth-order valence-corrected chi connectivity index (χ4v) is 2.81. The summed E-state index contributed by atoms with van der Waals surface area (Å²) in [5.74, 6) is 1.14. The van der Waals surface area contributed by atoms with Crippen LogP contribution in [0.25, 0.3) is 0 Å². The molecule has 2 heterocycles. The normalized spacial score (nSPS) is 19.0. The number of hydrogen-bond acceptors (Lipinski definition) is 5. The summed E-state index contributed by atoms with van der Waals surface area (Å²) in [6, 6.07) is 4.49. The summed E-state index contributed by atoms with van der Waals surface area (Å²) in [6.07, 6.45) is 4.84. The minimum absolute atomic E-state index is 0.381. The van der Waals surface area contributed by atoms with Crippen molar-refractivity contribution in [3.8, 4) is 12.1 Å². The molecule has 1 aliphatic carbocycles. The van der Waals surface area contributed by atoms with E-state index < -0.39 is 0 Å². The highest BCUT2D eigenvalue weighted by Crippen LogP contribution is 2.44. The largest absolute Gasteiger partial charge is 0.354 e. The predicted octanol–water partition coefficient (Wildman–Crippen LogP) is 1.50. The van der Waals surface area contributed by atoms with E-state index in [4.69, 9.17) is 0 Å². The van der Waals surface area contributed by atoms with E-state index in [9.17, 15) is 10.5 Å². The number of nitriles is 2. The first-order chi connectivity index (χ1) is 9.85. The van der Waals surface area contributed by atoms with E-state index in [0.717, 1.165) is 56.8 Å². The van der Waals surface area contributed by atoms with Gasteiger partial charge in [0.25, 0.3) is 0 Å². The van der Waals surface area contributed by atoms with Gasteiger partial charge in [-0.1, -0.05) is 0 Å². The first kappa shape index (κ1) is 12.9. The molecule has 2 fully saturated rings. The van der Waals surface area contributed by atoms with E-state index in [-0.39, 0.29) is 0 Å². The molecule has 1 aromatic heterocycles. The van der Waals surface area contributed by atoms with Crippen LogP contribution >= 0.6 is 0 Å². The monoisotopic (exact) mass is 267 g/mol. The van der Waals surface area contributed by atoms with Crippen LogP contribution in [-0.4, -0.2) is 31.2 Å². The molecule has 0 unspecified atom stereocenters. The van der Waals surface area contributed by atoms with Crippen LogP contribution < -0.4 is 10.2 Å². The van der Waals surface area contributed by atoms with Crippen molar-refractivity contribution in [2.45, 2.75) is 25.2 Å². The van der Waals surface area contributed by atoms with Gasteiger partial charge < -0.3 is 10.2 Å². The summed E-state index contributed by atoms with van der Waals surface area (Å²) >= 11 is 0. The Hall–Kier alpha value is -2.11. The van der Waals surface area contributed by atoms with Gasteiger partial charge >= 0.3 is 0 Å². The third kappa shape index (κ3) is 2.33. The van der Waals surface area contributed by atoms with Gasteiger partial charge in [0.2, 0.25) is 0 Å². The number of anilines is 1. The first-order valence-electron chi connectivity index (χ1n) is 7.14. The first-order valence-corrected chi connectivity index (χ1v) is 7.14. The average molecular weight is 267 g/mol. The van der Waals surface area contributed by atoms with Crippen molar-refractivity contribution in [3.05, 3.63) is 22.9 Å². The van der Waals surface area contributed by atoms with E-state index in [1.165, 1.54) is 0 Å². The molecule has 102 valence electrons. The topological polar surface area (TPSA) is 75.7 Å². The molecule has 0 bridgehead atoms. The van der Waals surface area contributed by atoms with Crippen LogP contribution in [0.5, 0.6) is 0 Å². The van der Waals surface area contributed by atoms with E-state index in [0.29, 0.717) is 17.0 Å². The fraction of sp³-hybridized carbons (Fsp3) is 0.533. The molecule has 0 atom stereocenters. The zero-order valence-electron chi connectivity index (χ0n) is 11.4. The summed E-state index contributed by atoms with van der Waals surface area (Å²) in [6.45, 7) is 3.68. The Labute approximate surface area is 118 Å². The second kappa shape index (κ2) is 5.48. The molecule has 0 spiro atoms. The van der Waals surface area contributed by atoms with E-state index in [1.54, 1.807) is 6.20 Å². The van der Waals surface area contributed by atoms with E-state index in [2.05, 4.69) is 27.3 Å². The maximum Gasteiger partial charge on any atom is 0.146 e. The van der Waals surface area contributed by atoms with Gasteiger partial charge in [-0.2, -0.15) is 10.5 Å². The Bertz CT molecular complexity index is 584. The Morgan fingerprint density at radius 3 is 2.75 bits per heavy atom. The van der Waals surface area contributed by atoms with Crippen LogP contribution in [0.2, 0.25) is 0 Å². The number of rotatable bonds is 2. The quantitative estimate of drug-likeness (QED) is 0.878. The van der Waals surface area contributed by atoms with Crippen molar-refractivity contribution in [1.29, 1.82) is 10.5 Å². The van der Waals surface area contributed by atoms with Crippen molar-refractivity contribution in [1.82, 2.24) is 10.3 Å². The lowest BCUT2D eigenvalue weighted by atomic mass is 10.00. The second-order valence-electron chi connectivity index (χ2n) is 5.37. The summed E-state index contributed by atoms with van der Waals surface area (Å²) < 4.78 is 0. The minimum atomic E-state index is 0.381. The van der Waals surface area contributed by atoms with Crippen LogP contribution in [0.1, 0.15) is 41.9 Å². The minimum Gasteiger partial charge on any atom is -0.354 e. The second-order valence-corrected chi connectivity index (χ2v) is 5.37. The molecule has 1 saturated heterocycles. The third-order valence-corrected chi connectivity index (χ3v) is 3.96. The average Bonchev–Trinajstić information content (AvgIpc) is 3.32. The molecule has 1 N–H and O–H groups in total. The standard InChI is InChI=1S/C15H17N5/c16-8-12-10-19-15(20-6-1-4-18-5-7-20)13(9-17)14(12)11-2-3-11/h10-11,18H,1-7H2. The summed E-state index contributed by atoms with van der Waals surface area (Å²) in [4.78, 5) is 6.58. The molecule has 5 heteroatoms. The number of nitrogens with zero attached hydrogens (tertiary/aromatic N) is 4. The molecular weight excluding hydrogens is 250 g/mol. The van der Waals surface area contributed by atoms with Crippen molar-refractivity contribution in [3.63, 3.8) is 0 Å². The summed E-state index contributed by atoms with van der Waals surface area (Å²) in [7, 11) is 0. The Balaban J connectivity index is 2.05. The molecule has 5 nitrogen and oxygen atoms in total. The molecule has 1 saturated carbocycles. The number of pyridine rings is 1. The fourth-order valence-electron chi connectivity index (χ4n) is 2.81. The molecule has 1 aromatic rings. The van der Waals surface area contributed by atoms with Gasteiger partial charge in [-0.25, -0.2) is 4.98 Å². The van der Waals surface area contributed by atoms with Crippen molar-refractivity contribution in [2.24, 2.45) is 0 Å². The van der Waals surface area contributed by atoms with Gasteiger partial charge in [0, 0.05) is 25.8 Å². The predicted molar refractivity (Wildman–Crippen MR) is 75.3 cm³/mol. The smallest absolute Gasteiger partial charge is 0.146 e. The summed E-state index contributed by atoms with van der Waals surface area (Å²) in [5, 5.41) is 22.1. The van der Waals surface area contributed by atoms with Crippen LogP contribution in [-0.2, 0) is 0 Å². The van der Waals surface area contributed by atoms with Crippen molar-refractivity contribution in [2.75, 3.05) is 31.1 Å². The van der Waals surface area contributed by atoms with Gasteiger partial charge in [-0.3, -0.25) is 0 Å². The maximum atomic E-state index is 9.56. The number of aromatic nitrogens is 1.